The summed E-state index contributed by atoms with van der Waals surface area (Å²) in [6.45, 7) is 2.92. The van der Waals surface area contributed by atoms with E-state index in [1.54, 1.807) is 4.31 Å². The van der Waals surface area contributed by atoms with Crippen LogP contribution in [0.5, 0.6) is 0 Å². The average Bonchev–Trinajstić information content (AvgIpc) is 3.10. The van der Waals surface area contributed by atoms with Gasteiger partial charge in [0.15, 0.2) is 0 Å². The molecule has 1 unspecified atom stereocenters. The molecule has 2 fully saturated rings. The first-order chi connectivity index (χ1) is 10.0. The first kappa shape index (κ1) is 16.7. The molecule has 21 heavy (non-hydrogen) atoms. The van der Waals surface area contributed by atoms with Crippen molar-refractivity contribution in [3.63, 3.8) is 0 Å². The van der Waals surface area contributed by atoms with E-state index in [0.29, 0.717) is 25.9 Å². The van der Waals surface area contributed by atoms with Crippen molar-refractivity contribution in [2.24, 2.45) is 0 Å². The Balaban J connectivity index is 1.76. The number of sulfonamides is 1. The molecule has 0 aromatic rings. The summed E-state index contributed by atoms with van der Waals surface area (Å²) < 4.78 is 25.8. The molecular formula is C14H27N3O3S. The number of nitrogens with one attached hydrogen (secondary N) is 1. The van der Waals surface area contributed by atoms with Crippen LogP contribution in [0.25, 0.3) is 0 Å². The van der Waals surface area contributed by atoms with Crippen molar-refractivity contribution in [2.45, 2.75) is 44.6 Å². The van der Waals surface area contributed by atoms with Crippen molar-refractivity contribution in [1.29, 1.82) is 0 Å². The van der Waals surface area contributed by atoms with E-state index in [2.05, 4.69) is 5.32 Å². The Morgan fingerprint density at radius 2 is 1.90 bits per heavy atom. The molecule has 2 aliphatic heterocycles. The normalized spacial score (nSPS) is 23.9. The summed E-state index contributed by atoms with van der Waals surface area (Å²) in [7, 11) is -1.26. The molecule has 0 aromatic carbocycles. The van der Waals surface area contributed by atoms with Gasteiger partial charge in [0.2, 0.25) is 15.9 Å². The van der Waals surface area contributed by atoms with E-state index in [4.69, 9.17) is 0 Å². The summed E-state index contributed by atoms with van der Waals surface area (Å²) in [5.41, 5.74) is 0. The molecule has 0 aromatic heterocycles. The van der Waals surface area contributed by atoms with Crippen LogP contribution in [0.15, 0.2) is 0 Å². The van der Waals surface area contributed by atoms with Gasteiger partial charge in [0.05, 0.1) is 5.75 Å². The molecule has 2 saturated heterocycles. The van der Waals surface area contributed by atoms with Crippen LogP contribution >= 0.6 is 0 Å². The second-order valence-corrected chi connectivity index (χ2v) is 8.06. The van der Waals surface area contributed by atoms with Gasteiger partial charge in [-0.2, -0.15) is 0 Å². The Hall–Kier alpha value is -0.660. The lowest BCUT2D eigenvalue weighted by Crippen LogP contribution is -2.41. The molecule has 0 radical (unpaired) electrons. The minimum absolute atomic E-state index is 0.100. The standard InChI is InChI=1S/C14H27N3O3S/c1-15-12-13-6-4-10-17(13)14(18)7-5-11-21(19,20)16-8-2-3-9-16/h13,15H,2-12H2,1H3. The number of likely N-dealkylation sites (N-methyl/N-ethyl adjacent to an activating group) is 1. The Labute approximate surface area is 127 Å². The van der Waals surface area contributed by atoms with Crippen LogP contribution in [0, 0.1) is 0 Å². The second-order valence-electron chi connectivity index (χ2n) is 5.97. The molecule has 0 saturated carbocycles. The van der Waals surface area contributed by atoms with Gasteiger partial charge in [0.1, 0.15) is 0 Å². The van der Waals surface area contributed by atoms with Gasteiger partial charge in [-0.3, -0.25) is 4.79 Å². The molecule has 1 N–H and O–H groups in total. The van der Waals surface area contributed by atoms with E-state index < -0.39 is 10.0 Å². The van der Waals surface area contributed by atoms with Crippen molar-refractivity contribution >= 4 is 15.9 Å². The highest BCUT2D eigenvalue weighted by Gasteiger charge is 2.29. The molecule has 2 rings (SSSR count). The number of nitrogens with zero attached hydrogens (tertiary/aromatic N) is 2. The van der Waals surface area contributed by atoms with Crippen molar-refractivity contribution in [1.82, 2.24) is 14.5 Å². The molecular weight excluding hydrogens is 290 g/mol. The number of rotatable bonds is 7. The van der Waals surface area contributed by atoms with Crippen LogP contribution in [0.4, 0.5) is 0 Å². The Morgan fingerprint density at radius 1 is 1.19 bits per heavy atom. The Morgan fingerprint density at radius 3 is 2.57 bits per heavy atom. The monoisotopic (exact) mass is 317 g/mol. The zero-order valence-electron chi connectivity index (χ0n) is 12.9. The summed E-state index contributed by atoms with van der Waals surface area (Å²) in [4.78, 5) is 14.1. The summed E-state index contributed by atoms with van der Waals surface area (Å²) in [5, 5.41) is 3.12. The number of carbonyl (C=O) groups excluding carboxylic acids is 1. The maximum Gasteiger partial charge on any atom is 0.222 e. The lowest BCUT2D eigenvalue weighted by atomic mass is 10.2. The first-order valence-corrected chi connectivity index (χ1v) is 9.57. The highest BCUT2D eigenvalue weighted by atomic mass is 32.2. The first-order valence-electron chi connectivity index (χ1n) is 7.96. The number of carbonyl (C=O) groups is 1. The van der Waals surface area contributed by atoms with Crippen molar-refractivity contribution in [3.05, 3.63) is 0 Å². The van der Waals surface area contributed by atoms with Crippen LogP contribution in [0.2, 0.25) is 0 Å². The van der Waals surface area contributed by atoms with Gasteiger partial charge in [-0.25, -0.2) is 12.7 Å². The van der Waals surface area contributed by atoms with Crippen molar-refractivity contribution in [2.75, 3.05) is 39.0 Å². The van der Waals surface area contributed by atoms with Gasteiger partial charge < -0.3 is 10.2 Å². The van der Waals surface area contributed by atoms with E-state index >= 15 is 0 Å². The lowest BCUT2D eigenvalue weighted by molar-refractivity contribution is -0.131. The third kappa shape index (κ3) is 4.40. The third-order valence-electron chi connectivity index (χ3n) is 4.39. The smallest absolute Gasteiger partial charge is 0.222 e. The number of amides is 1. The molecule has 0 aliphatic carbocycles. The maximum atomic E-state index is 12.2. The lowest BCUT2D eigenvalue weighted by Gasteiger charge is -2.24. The van der Waals surface area contributed by atoms with E-state index in [0.717, 1.165) is 38.8 Å². The van der Waals surface area contributed by atoms with Gasteiger partial charge in [0, 0.05) is 38.6 Å². The predicted octanol–water partition coefficient (Wildman–Crippen LogP) is 0.403. The van der Waals surface area contributed by atoms with Crippen molar-refractivity contribution < 1.29 is 13.2 Å². The fourth-order valence-electron chi connectivity index (χ4n) is 3.26. The topological polar surface area (TPSA) is 69.7 Å². The van der Waals surface area contributed by atoms with E-state index in [9.17, 15) is 13.2 Å². The molecule has 1 amide bonds. The second kappa shape index (κ2) is 7.56. The third-order valence-corrected chi connectivity index (χ3v) is 6.35. The molecule has 2 aliphatic rings. The molecule has 2 heterocycles. The van der Waals surface area contributed by atoms with Gasteiger partial charge >= 0.3 is 0 Å². The molecule has 0 spiro atoms. The van der Waals surface area contributed by atoms with Gasteiger partial charge in [-0.15, -0.1) is 0 Å². The summed E-state index contributed by atoms with van der Waals surface area (Å²) >= 11 is 0. The molecule has 0 bridgehead atoms. The average molecular weight is 317 g/mol. The van der Waals surface area contributed by atoms with Crippen molar-refractivity contribution in [3.8, 4) is 0 Å². The highest BCUT2D eigenvalue weighted by Crippen LogP contribution is 2.19. The molecule has 6 nitrogen and oxygen atoms in total. The summed E-state index contributed by atoms with van der Waals surface area (Å²) in [5.74, 6) is 0.202. The van der Waals surface area contributed by atoms with E-state index in [-0.39, 0.29) is 17.7 Å². The summed E-state index contributed by atoms with van der Waals surface area (Å²) in [6, 6.07) is 0.276. The van der Waals surface area contributed by atoms with Crippen LogP contribution in [0.3, 0.4) is 0 Å². The van der Waals surface area contributed by atoms with Crippen LogP contribution in [-0.4, -0.2) is 68.6 Å². The minimum Gasteiger partial charge on any atom is -0.338 e. The zero-order chi connectivity index (χ0) is 15.3. The highest BCUT2D eigenvalue weighted by molar-refractivity contribution is 7.89. The summed E-state index contributed by atoms with van der Waals surface area (Å²) in [6.07, 6.45) is 4.77. The fourth-order valence-corrected chi connectivity index (χ4v) is 4.84. The number of hydrogen-bond acceptors (Lipinski definition) is 4. The Bertz CT molecular complexity index is 446. The predicted molar refractivity (Wildman–Crippen MR) is 82.5 cm³/mol. The van der Waals surface area contributed by atoms with E-state index in [1.807, 2.05) is 11.9 Å². The van der Waals surface area contributed by atoms with Gasteiger partial charge in [-0.1, -0.05) is 0 Å². The number of likely N-dealkylation sites (tertiary alicyclic amines) is 1. The maximum absolute atomic E-state index is 12.2. The number of hydrogen-bond donors (Lipinski definition) is 1. The Kier molecular flexibility index (Phi) is 6.01. The largest absolute Gasteiger partial charge is 0.338 e. The quantitative estimate of drug-likeness (QED) is 0.738. The zero-order valence-corrected chi connectivity index (χ0v) is 13.7. The van der Waals surface area contributed by atoms with Gasteiger partial charge in [0.25, 0.3) is 0 Å². The van der Waals surface area contributed by atoms with Gasteiger partial charge in [-0.05, 0) is 39.2 Å². The minimum atomic E-state index is -3.15. The molecule has 1 atom stereocenters. The van der Waals surface area contributed by atoms with E-state index in [1.165, 1.54) is 0 Å². The van der Waals surface area contributed by atoms with Crippen LogP contribution in [0.1, 0.15) is 38.5 Å². The fraction of sp³-hybridized carbons (Fsp3) is 0.929. The molecule has 122 valence electrons. The molecule has 7 heteroatoms. The van der Waals surface area contributed by atoms with Crippen LogP contribution < -0.4 is 5.32 Å². The van der Waals surface area contributed by atoms with Crippen LogP contribution in [-0.2, 0) is 14.8 Å². The SMILES string of the molecule is CNCC1CCCN1C(=O)CCCS(=O)(=O)N1CCCC1.